The van der Waals surface area contributed by atoms with E-state index >= 15 is 0 Å². The molecule has 0 atom stereocenters. The molecule has 0 saturated carbocycles. The Balaban J connectivity index is 1.63. The summed E-state index contributed by atoms with van der Waals surface area (Å²) in [6.45, 7) is 6.43. The van der Waals surface area contributed by atoms with Gasteiger partial charge in [-0.15, -0.1) is 0 Å². The Morgan fingerprint density at radius 1 is 1.25 bits per heavy atom. The maximum absolute atomic E-state index is 12.3. The van der Waals surface area contributed by atoms with Crippen molar-refractivity contribution in [1.29, 1.82) is 0 Å². The number of imidazole rings is 1. The zero-order valence-corrected chi connectivity index (χ0v) is 14.1. The molecule has 124 valence electrons. The molecule has 2 aromatic heterocycles. The zero-order chi connectivity index (χ0) is 17.1. The van der Waals surface area contributed by atoms with Crippen molar-refractivity contribution in [3.05, 3.63) is 65.6 Å². The lowest BCUT2D eigenvalue weighted by Crippen LogP contribution is -2.23. The van der Waals surface area contributed by atoms with Crippen molar-refractivity contribution in [2.24, 2.45) is 0 Å². The minimum absolute atomic E-state index is 0.147. The van der Waals surface area contributed by atoms with E-state index in [0.29, 0.717) is 12.2 Å². The van der Waals surface area contributed by atoms with Crippen LogP contribution in [0.3, 0.4) is 0 Å². The zero-order valence-electron chi connectivity index (χ0n) is 14.1. The highest BCUT2D eigenvalue weighted by Crippen LogP contribution is 2.14. The van der Waals surface area contributed by atoms with Gasteiger partial charge < -0.3 is 14.5 Å². The Hall–Kier alpha value is -2.82. The van der Waals surface area contributed by atoms with Gasteiger partial charge in [-0.1, -0.05) is 12.1 Å². The van der Waals surface area contributed by atoms with Gasteiger partial charge in [0, 0.05) is 18.9 Å². The van der Waals surface area contributed by atoms with Gasteiger partial charge in [-0.3, -0.25) is 4.79 Å². The first-order valence-electron chi connectivity index (χ1n) is 8.00. The van der Waals surface area contributed by atoms with Gasteiger partial charge in [-0.2, -0.15) is 0 Å². The summed E-state index contributed by atoms with van der Waals surface area (Å²) < 4.78 is 7.45. The third-order valence-corrected chi connectivity index (χ3v) is 3.60. The van der Waals surface area contributed by atoms with Gasteiger partial charge >= 0.3 is 0 Å². The van der Waals surface area contributed by atoms with Crippen molar-refractivity contribution in [2.75, 3.05) is 0 Å². The number of carbonyl (C=O) groups is 1. The Morgan fingerprint density at radius 2 is 2.00 bits per heavy atom. The van der Waals surface area contributed by atoms with Crippen LogP contribution in [-0.4, -0.2) is 21.4 Å². The highest BCUT2D eigenvalue weighted by Gasteiger charge is 2.10. The molecule has 5 heteroatoms. The van der Waals surface area contributed by atoms with Crippen LogP contribution in [0.4, 0.5) is 0 Å². The maximum atomic E-state index is 12.3. The summed E-state index contributed by atoms with van der Waals surface area (Å²) in [5.41, 5.74) is 3.32. The number of aryl methyl sites for hydroxylation is 1. The third kappa shape index (κ3) is 3.74. The molecule has 1 amide bonds. The molecule has 0 aliphatic carbocycles. The van der Waals surface area contributed by atoms with Crippen LogP contribution < -0.4 is 10.1 Å². The molecule has 24 heavy (non-hydrogen) atoms. The molecular formula is C19H21N3O2. The molecule has 0 spiro atoms. The van der Waals surface area contributed by atoms with Crippen LogP contribution in [-0.2, 0) is 6.54 Å². The standard InChI is InChI=1S/C19H21N3O2/c1-13(2)24-16-6-4-15(5-7-16)11-20-19(23)17-12-22-9-8-14(3)10-18(22)21-17/h4-10,12-13H,11H2,1-3H3,(H,20,23). The van der Waals surface area contributed by atoms with E-state index in [1.165, 1.54) is 0 Å². The number of benzene rings is 1. The minimum Gasteiger partial charge on any atom is -0.491 e. The molecule has 0 saturated heterocycles. The predicted octanol–water partition coefficient (Wildman–Crippen LogP) is 3.36. The number of hydrogen-bond donors (Lipinski definition) is 1. The lowest BCUT2D eigenvalue weighted by atomic mass is 10.2. The van der Waals surface area contributed by atoms with E-state index in [1.807, 2.05) is 67.8 Å². The van der Waals surface area contributed by atoms with Gasteiger partial charge in [0.25, 0.3) is 5.91 Å². The van der Waals surface area contributed by atoms with E-state index in [-0.39, 0.29) is 12.0 Å². The van der Waals surface area contributed by atoms with Crippen LogP contribution in [0, 0.1) is 6.92 Å². The van der Waals surface area contributed by atoms with Gasteiger partial charge in [0.15, 0.2) is 0 Å². The summed E-state index contributed by atoms with van der Waals surface area (Å²) in [5, 5.41) is 2.90. The Bertz CT molecular complexity index is 851. The van der Waals surface area contributed by atoms with Gasteiger partial charge in [0.1, 0.15) is 17.1 Å². The number of ether oxygens (including phenoxy) is 1. The molecule has 5 nitrogen and oxygen atoms in total. The number of rotatable bonds is 5. The van der Waals surface area contributed by atoms with E-state index in [0.717, 1.165) is 22.5 Å². The van der Waals surface area contributed by atoms with Crippen molar-refractivity contribution in [2.45, 2.75) is 33.4 Å². The summed E-state index contributed by atoms with van der Waals surface area (Å²) in [5.74, 6) is 0.648. The van der Waals surface area contributed by atoms with Gasteiger partial charge in [-0.05, 0) is 56.2 Å². The number of aromatic nitrogens is 2. The fourth-order valence-electron chi connectivity index (χ4n) is 2.42. The van der Waals surface area contributed by atoms with Crippen molar-refractivity contribution in [3.63, 3.8) is 0 Å². The second kappa shape index (κ2) is 6.74. The molecule has 1 aromatic carbocycles. The lowest BCUT2D eigenvalue weighted by molar-refractivity contribution is 0.0946. The summed E-state index contributed by atoms with van der Waals surface area (Å²) in [7, 11) is 0. The maximum Gasteiger partial charge on any atom is 0.271 e. The lowest BCUT2D eigenvalue weighted by Gasteiger charge is -2.10. The molecule has 0 bridgehead atoms. The Morgan fingerprint density at radius 3 is 2.71 bits per heavy atom. The van der Waals surface area contributed by atoms with Crippen molar-refractivity contribution >= 4 is 11.6 Å². The van der Waals surface area contributed by atoms with Crippen molar-refractivity contribution in [1.82, 2.24) is 14.7 Å². The van der Waals surface area contributed by atoms with Crippen LogP contribution >= 0.6 is 0 Å². The summed E-state index contributed by atoms with van der Waals surface area (Å²) in [6, 6.07) is 11.7. The number of amides is 1. The van der Waals surface area contributed by atoms with E-state index in [4.69, 9.17) is 4.74 Å². The van der Waals surface area contributed by atoms with Gasteiger partial charge in [0.2, 0.25) is 0 Å². The molecule has 0 aliphatic heterocycles. The van der Waals surface area contributed by atoms with E-state index in [2.05, 4.69) is 10.3 Å². The van der Waals surface area contributed by atoms with E-state index < -0.39 is 0 Å². The van der Waals surface area contributed by atoms with Crippen LogP contribution in [0.15, 0.2) is 48.8 Å². The normalized spacial score (nSPS) is 11.0. The quantitative estimate of drug-likeness (QED) is 0.783. The largest absolute Gasteiger partial charge is 0.491 e. The smallest absolute Gasteiger partial charge is 0.271 e. The average molecular weight is 323 g/mol. The fraction of sp³-hybridized carbons (Fsp3) is 0.263. The number of nitrogens with zero attached hydrogens (tertiary/aromatic N) is 2. The number of carbonyl (C=O) groups excluding carboxylic acids is 1. The highest BCUT2D eigenvalue weighted by molar-refractivity contribution is 5.92. The van der Waals surface area contributed by atoms with E-state index in [9.17, 15) is 4.79 Å². The molecule has 0 fully saturated rings. The van der Waals surface area contributed by atoms with E-state index in [1.54, 1.807) is 6.20 Å². The van der Waals surface area contributed by atoms with Gasteiger partial charge in [-0.25, -0.2) is 4.98 Å². The second-order valence-corrected chi connectivity index (χ2v) is 6.09. The molecular weight excluding hydrogens is 302 g/mol. The van der Waals surface area contributed by atoms with Gasteiger partial charge in [0.05, 0.1) is 6.10 Å². The topological polar surface area (TPSA) is 55.6 Å². The number of nitrogens with one attached hydrogen (secondary N) is 1. The SMILES string of the molecule is Cc1ccn2cc(C(=O)NCc3ccc(OC(C)C)cc3)nc2c1. The molecule has 1 N–H and O–H groups in total. The highest BCUT2D eigenvalue weighted by atomic mass is 16.5. The first-order valence-corrected chi connectivity index (χ1v) is 8.00. The Labute approximate surface area is 141 Å². The van der Waals surface area contributed by atoms with Crippen LogP contribution in [0.5, 0.6) is 5.75 Å². The van der Waals surface area contributed by atoms with Crippen molar-refractivity contribution in [3.8, 4) is 5.75 Å². The first-order chi connectivity index (χ1) is 11.5. The van der Waals surface area contributed by atoms with Crippen molar-refractivity contribution < 1.29 is 9.53 Å². The first kappa shape index (κ1) is 16.1. The van der Waals surface area contributed by atoms with Crippen LogP contribution in [0.2, 0.25) is 0 Å². The Kier molecular flexibility index (Phi) is 4.51. The predicted molar refractivity (Wildman–Crippen MR) is 93.3 cm³/mol. The summed E-state index contributed by atoms with van der Waals surface area (Å²) >= 11 is 0. The molecule has 3 rings (SSSR count). The monoisotopic (exact) mass is 323 g/mol. The molecule has 3 aromatic rings. The molecule has 0 radical (unpaired) electrons. The molecule has 0 aliphatic rings. The van der Waals surface area contributed by atoms with Crippen LogP contribution in [0.25, 0.3) is 5.65 Å². The number of hydrogen-bond acceptors (Lipinski definition) is 3. The average Bonchev–Trinajstić information content (AvgIpc) is 2.96. The minimum atomic E-state index is -0.182. The number of fused-ring (bicyclic) bond motifs is 1. The molecule has 0 unspecified atom stereocenters. The number of pyridine rings is 1. The fourth-order valence-corrected chi connectivity index (χ4v) is 2.42. The third-order valence-electron chi connectivity index (χ3n) is 3.60. The van der Waals surface area contributed by atoms with Crippen LogP contribution in [0.1, 0.15) is 35.5 Å². The summed E-state index contributed by atoms with van der Waals surface area (Å²) in [4.78, 5) is 16.6. The molecule has 2 heterocycles. The second-order valence-electron chi connectivity index (χ2n) is 6.09. The summed E-state index contributed by atoms with van der Waals surface area (Å²) in [6.07, 6.45) is 3.79.